The average Bonchev–Trinajstić information content (AvgIpc) is 2.43. The molecule has 5 N–H and O–H groups in total. The van der Waals surface area contributed by atoms with Gasteiger partial charge >= 0.3 is 0 Å². The predicted octanol–water partition coefficient (Wildman–Crippen LogP) is 1.09. The Hall–Kier alpha value is -0.120. The largest absolute Gasteiger partial charge is 0.392 e. The highest BCUT2D eigenvalue weighted by molar-refractivity contribution is 4.98. The van der Waals surface area contributed by atoms with Gasteiger partial charge in [0.1, 0.15) is 0 Å². The maximum Gasteiger partial charge on any atom is 0.0624 e. The van der Waals surface area contributed by atoms with Crippen LogP contribution < -0.4 is 11.5 Å². The zero-order chi connectivity index (χ0) is 11.6. The molecule has 0 spiro atoms. The average molecular weight is 214 g/mol. The second-order valence-corrected chi connectivity index (χ2v) is 5.10. The van der Waals surface area contributed by atoms with Gasteiger partial charge in [0.05, 0.1) is 6.10 Å². The fraction of sp³-hybridized carbons (Fsp3) is 1.00. The summed E-state index contributed by atoms with van der Waals surface area (Å²) in [5.41, 5.74) is 12.3. The third kappa shape index (κ3) is 2.52. The Labute approximate surface area is 93.2 Å². The van der Waals surface area contributed by atoms with Crippen molar-refractivity contribution in [2.75, 3.05) is 0 Å². The second-order valence-electron chi connectivity index (χ2n) is 5.10. The molecule has 90 valence electrons. The molecule has 0 aliphatic heterocycles. The Bertz CT molecular complexity index is 194. The van der Waals surface area contributed by atoms with E-state index in [-0.39, 0.29) is 24.1 Å². The summed E-state index contributed by atoms with van der Waals surface area (Å²) in [7, 11) is 0. The molecule has 0 aromatic heterocycles. The molecule has 0 bridgehead atoms. The van der Waals surface area contributed by atoms with Crippen LogP contribution in [0, 0.1) is 17.8 Å². The minimum atomic E-state index is -0.310. The van der Waals surface area contributed by atoms with E-state index in [1.807, 2.05) is 0 Å². The van der Waals surface area contributed by atoms with Crippen molar-refractivity contribution < 1.29 is 5.11 Å². The molecule has 3 nitrogen and oxygen atoms in total. The predicted molar refractivity (Wildman–Crippen MR) is 63.3 cm³/mol. The van der Waals surface area contributed by atoms with Crippen molar-refractivity contribution in [2.45, 2.75) is 58.2 Å². The van der Waals surface area contributed by atoms with Crippen LogP contribution in [0.2, 0.25) is 0 Å². The van der Waals surface area contributed by atoms with Crippen molar-refractivity contribution in [2.24, 2.45) is 29.2 Å². The highest BCUT2D eigenvalue weighted by Crippen LogP contribution is 2.35. The first-order valence-corrected chi connectivity index (χ1v) is 6.22. The van der Waals surface area contributed by atoms with Gasteiger partial charge in [0.2, 0.25) is 0 Å². The molecule has 1 saturated carbocycles. The summed E-state index contributed by atoms with van der Waals surface area (Å²) >= 11 is 0. The summed E-state index contributed by atoms with van der Waals surface area (Å²) in [6.45, 7) is 6.37. The lowest BCUT2D eigenvalue weighted by atomic mass is 9.81. The molecular weight excluding hydrogens is 188 g/mol. The molecule has 0 aromatic rings. The molecule has 1 aliphatic rings. The number of rotatable bonds is 4. The molecule has 0 radical (unpaired) electrons. The van der Waals surface area contributed by atoms with Gasteiger partial charge in [0, 0.05) is 18.0 Å². The Balaban J connectivity index is 2.69. The van der Waals surface area contributed by atoms with E-state index in [2.05, 4.69) is 20.8 Å². The van der Waals surface area contributed by atoms with Crippen LogP contribution in [0.25, 0.3) is 0 Å². The zero-order valence-electron chi connectivity index (χ0n) is 10.2. The lowest BCUT2D eigenvalue weighted by molar-refractivity contribution is 0.0698. The SMILES string of the molecule is CCC(CC)C(N)[C@H]1[C@@H](O)[C@H](C)C[C@@H]1N. The third-order valence-electron chi connectivity index (χ3n) is 4.15. The molecule has 1 rings (SSSR count). The van der Waals surface area contributed by atoms with E-state index in [9.17, 15) is 5.11 Å². The molecule has 0 heterocycles. The monoisotopic (exact) mass is 214 g/mol. The van der Waals surface area contributed by atoms with Gasteiger partial charge in [-0.15, -0.1) is 0 Å². The smallest absolute Gasteiger partial charge is 0.0624 e. The molecule has 3 heteroatoms. The topological polar surface area (TPSA) is 72.3 Å². The number of hydrogen-bond donors (Lipinski definition) is 3. The van der Waals surface area contributed by atoms with Crippen LogP contribution in [0.15, 0.2) is 0 Å². The molecule has 1 fully saturated rings. The van der Waals surface area contributed by atoms with Gasteiger partial charge in [-0.05, 0) is 18.3 Å². The van der Waals surface area contributed by atoms with Crippen LogP contribution >= 0.6 is 0 Å². The van der Waals surface area contributed by atoms with Gasteiger partial charge in [0.25, 0.3) is 0 Å². The van der Waals surface area contributed by atoms with Gasteiger partial charge in [-0.25, -0.2) is 0 Å². The van der Waals surface area contributed by atoms with Crippen LogP contribution in [-0.4, -0.2) is 23.3 Å². The van der Waals surface area contributed by atoms with E-state index in [4.69, 9.17) is 11.5 Å². The number of nitrogens with two attached hydrogens (primary N) is 2. The maximum absolute atomic E-state index is 10.1. The van der Waals surface area contributed by atoms with E-state index in [0.29, 0.717) is 11.8 Å². The summed E-state index contributed by atoms with van der Waals surface area (Å²) < 4.78 is 0. The van der Waals surface area contributed by atoms with Crippen molar-refractivity contribution >= 4 is 0 Å². The normalized spacial score (nSPS) is 38.6. The zero-order valence-corrected chi connectivity index (χ0v) is 10.2. The van der Waals surface area contributed by atoms with Crippen LogP contribution in [0.5, 0.6) is 0 Å². The first-order chi connectivity index (χ1) is 7.02. The minimum Gasteiger partial charge on any atom is -0.392 e. The molecule has 0 amide bonds. The Morgan fingerprint density at radius 1 is 1.33 bits per heavy atom. The Morgan fingerprint density at radius 2 is 1.87 bits per heavy atom. The van der Waals surface area contributed by atoms with E-state index in [0.717, 1.165) is 19.3 Å². The molecule has 5 atom stereocenters. The van der Waals surface area contributed by atoms with E-state index >= 15 is 0 Å². The minimum absolute atomic E-state index is 0.0509. The van der Waals surface area contributed by atoms with Crippen molar-refractivity contribution in [3.05, 3.63) is 0 Å². The van der Waals surface area contributed by atoms with Gasteiger partial charge in [0.15, 0.2) is 0 Å². The standard InChI is InChI=1S/C12H26N2O/c1-4-8(5-2)11(14)10-9(13)6-7(3)12(10)15/h7-12,15H,4-6,13-14H2,1-3H3/t7-,9+,10+,11?,12+/m1/s1. The van der Waals surface area contributed by atoms with Crippen LogP contribution in [0.3, 0.4) is 0 Å². The third-order valence-corrected chi connectivity index (χ3v) is 4.15. The van der Waals surface area contributed by atoms with Gasteiger partial charge < -0.3 is 16.6 Å². The van der Waals surface area contributed by atoms with E-state index < -0.39 is 0 Å². The van der Waals surface area contributed by atoms with Crippen molar-refractivity contribution in [3.8, 4) is 0 Å². The summed E-state index contributed by atoms with van der Waals surface area (Å²) in [6, 6.07) is 0.126. The first-order valence-electron chi connectivity index (χ1n) is 6.22. The molecule has 1 unspecified atom stereocenters. The van der Waals surface area contributed by atoms with Gasteiger partial charge in [-0.3, -0.25) is 0 Å². The quantitative estimate of drug-likeness (QED) is 0.656. The highest BCUT2D eigenvalue weighted by atomic mass is 16.3. The first kappa shape index (κ1) is 12.9. The molecule has 1 aliphatic carbocycles. The van der Waals surface area contributed by atoms with Crippen molar-refractivity contribution in [1.29, 1.82) is 0 Å². The van der Waals surface area contributed by atoms with E-state index in [1.165, 1.54) is 0 Å². The van der Waals surface area contributed by atoms with Crippen LogP contribution in [0.1, 0.15) is 40.0 Å². The summed E-state index contributed by atoms with van der Waals surface area (Å²) in [6.07, 6.45) is 2.74. The summed E-state index contributed by atoms with van der Waals surface area (Å²) in [5.74, 6) is 0.872. The Kier molecular flexibility index (Phi) is 4.56. The van der Waals surface area contributed by atoms with E-state index in [1.54, 1.807) is 0 Å². The highest BCUT2D eigenvalue weighted by Gasteiger charge is 2.42. The van der Waals surface area contributed by atoms with Gasteiger partial charge in [-0.1, -0.05) is 33.6 Å². The summed E-state index contributed by atoms with van der Waals surface area (Å²) in [4.78, 5) is 0. The van der Waals surface area contributed by atoms with Crippen LogP contribution in [-0.2, 0) is 0 Å². The van der Waals surface area contributed by atoms with Crippen molar-refractivity contribution in [3.63, 3.8) is 0 Å². The summed E-state index contributed by atoms with van der Waals surface area (Å²) in [5, 5.41) is 10.1. The number of aliphatic hydroxyl groups excluding tert-OH is 1. The Morgan fingerprint density at radius 3 is 2.20 bits per heavy atom. The second kappa shape index (κ2) is 5.28. The molecular formula is C12H26N2O. The lowest BCUT2D eigenvalue weighted by Crippen LogP contribution is -2.48. The number of aliphatic hydroxyl groups is 1. The molecule has 15 heavy (non-hydrogen) atoms. The fourth-order valence-corrected chi connectivity index (χ4v) is 3.02. The molecule has 0 saturated heterocycles. The molecule has 0 aromatic carbocycles. The van der Waals surface area contributed by atoms with Crippen LogP contribution in [0.4, 0.5) is 0 Å². The van der Waals surface area contributed by atoms with Crippen molar-refractivity contribution in [1.82, 2.24) is 0 Å². The lowest BCUT2D eigenvalue weighted by Gasteiger charge is -2.32. The number of hydrogen-bond acceptors (Lipinski definition) is 3. The van der Waals surface area contributed by atoms with Gasteiger partial charge in [-0.2, -0.15) is 0 Å². The maximum atomic E-state index is 10.1. The fourth-order valence-electron chi connectivity index (χ4n) is 3.02.